The Morgan fingerprint density at radius 3 is 2.54 bits per heavy atom. The van der Waals surface area contributed by atoms with Gasteiger partial charge in [0.1, 0.15) is 0 Å². The lowest BCUT2D eigenvalue weighted by molar-refractivity contribution is -0.106. The van der Waals surface area contributed by atoms with Gasteiger partial charge in [0.25, 0.3) is 0 Å². The standard InChI is InChI=1S/C9H10N2O2/c1-8(10-13)11(7-12)9-5-3-2-4-6-9/h2-7,13H,1H3/b10-8+. The van der Waals surface area contributed by atoms with Gasteiger partial charge in [0.05, 0.1) is 0 Å². The molecule has 0 heterocycles. The Bertz CT molecular complexity index is 309. The van der Waals surface area contributed by atoms with Crippen molar-refractivity contribution in [1.82, 2.24) is 0 Å². The van der Waals surface area contributed by atoms with Gasteiger partial charge in [0, 0.05) is 5.69 Å². The third-order valence-corrected chi connectivity index (χ3v) is 1.63. The van der Waals surface area contributed by atoms with Crippen LogP contribution in [0.4, 0.5) is 5.69 Å². The zero-order valence-corrected chi connectivity index (χ0v) is 7.21. The summed E-state index contributed by atoms with van der Waals surface area (Å²) in [4.78, 5) is 11.9. The van der Waals surface area contributed by atoms with Gasteiger partial charge in [0.15, 0.2) is 5.84 Å². The average Bonchev–Trinajstić information content (AvgIpc) is 2.20. The molecule has 1 rings (SSSR count). The maximum atomic E-state index is 10.6. The third kappa shape index (κ3) is 2.05. The molecule has 68 valence electrons. The Hall–Kier alpha value is -1.84. The lowest BCUT2D eigenvalue weighted by atomic mass is 10.3. The van der Waals surface area contributed by atoms with Crippen molar-refractivity contribution >= 4 is 17.9 Å². The lowest BCUT2D eigenvalue weighted by Crippen LogP contribution is -2.26. The second kappa shape index (κ2) is 4.25. The van der Waals surface area contributed by atoms with Crippen LogP contribution in [0.1, 0.15) is 6.92 Å². The molecule has 4 nitrogen and oxygen atoms in total. The van der Waals surface area contributed by atoms with E-state index in [0.717, 1.165) is 0 Å². The molecule has 0 aliphatic heterocycles. The van der Waals surface area contributed by atoms with E-state index < -0.39 is 0 Å². The van der Waals surface area contributed by atoms with Gasteiger partial charge in [0.2, 0.25) is 6.41 Å². The Balaban J connectivity index is 2.98. The summed E-state index contributed by atoms with van der Waals surface area (Å²) < 4.78 is 0. The van der Waals surface area contributed by atoms with Crippen LogP contribution in [-0.4, -0.2) is 17.5 Å². The normalized spacial score (nSPS) is 11.0. The highest BCUT2D eigenvalue weighted by Gasteiger charge is 2.07. The quantitative estimate of drug-likeness (QED) is 0.245. The van der Waals surface area contributed by atoms with Crippen LogP contribution in [-0.2, 0) is 4.79 Å². The topological polar surface area (TPSA) is 52.9 Å². The molecule has 0 bridgehead atoms. The van der Waals surface area contributed by atoms with Crippen molar-refractivity contribution < 1.29 is 10.0 Å². The number of nitrogens with zero attached hydrogens (tertiary/aromatic N) is 2. The summed E-state index contributed by atoms with van der Waals surface area (Å²) in [6.45, 7) is 1.54. The molecular weight excluding hydrogens is 168 g/mol. The fourth-order valence-electron chi connectivity index (χ4n) is 0.961. The van der Waals surface area contributed by atoms with Crippen molar-refractivity contribution in [3.05, 3.63) is 30.3 Å². The van der Waals surface area contributed by atoms with Crippen LogP contribution >= 0.6 is 0 Å². The van der Waals surface area contributed by atoms with Crippen molar-refractivity contribution in [2.24, 2.45) is 5.16 Å². The lowest BCUT2D eigenvalue weighted by Gasteiger charge is -2.14. The van der Waals surface area contributed by atoms with Gasteiger partial charge < -0.3 is 5.21 Å². The van der Waals surface area contributed by atoms with Gasteiger partial charge in [-0.3, -0.25) is 9.69 Å². The predicted octanol–water partition coefficient (Wildman–Crippen LogP) is 1.46. The number of benzene rings is 1. The van der Waals surface area contributed by atoms with Crippen LogP contribution in [0.2, 0.25) is 0 Å². The second-order valence-electron chi connectivity index (χ2n) is 2.46. The molecule has 0 atom stereocenters. The van der Waals surface area contributed by atoms with Gasteiger partial charge in [-0.1, -0.05) is 23.4 Å². The van der Waals surface area contributed by atoms with E-state index in [1.807, 2.05) is 6.07 Å². The van der Waals surface area contributed by atoms with E-state index in [4.69, 9.17) is 5.21 Å². The van der Waals surface area contributed by atoms with Crippen LogP contribution in [0.5, 0.6) is 0 Å². The first-order chi connectivity index (χ1) is 6.29. The van der Waals surface area contributed by atoms with Gasteiger partial charge in [-0.25, -0.2) is 0 Å². The predicted molar refractivity (Wildman–Crippen MR) is 49.9 cm³/mol. The van der Waals surface area contributed by atoms with E-state index in [1.54, 1.807) is 31.2 Å². The second-order valence-corrected chi connectivity index (χ2v) is 2.46. The minimum absolute atomic E-state index is 0.237. The van der Waals surface area contributed by atoms with Crippen molar-refractivity contribution in [3.63, 3.8) is 0 Å². The summed E-state index contributed by atoms with van der Waals surface area (Å²) in [5, 5.41) is 11.4. The van der Waals surface area contributed by atoms with E-state index in [1.165, 1.54) is 4.90 Å². The van der Waals surface area contributed by atoms with E-state index in [-0.39, 0.29) is 5.84 Å². The summed E-state index contributed by atoms with van der Waals surface area (Å²) in [6, 6.07) is 8.96. The maximum Gasteiger partial charge on any atom is 0.219 e. The highest BCUT2D eigenvalue weighted by atomic mass is 16.4. The number of hydrogen-bond acceptors (Lipinski definition) is 3. The van der Waals surface area contributed by atoms with E-state index >= 15 is 0 Å². The molecule has 0 aliphatic carbocycles. The van der Waals surface area contributed by atoms with Gasteiger partial charge >= 0.3 is 0 Å². The third-order valence-electron chi connectivity index (χ3n) is 1.63. The molecule has 1 N–H and O–H groups in total. The number of oxime groups is 1. The van der Waals surface area contributed by atoms with Crippen LogP contribution < -0.4 is 4.90 Å². The molecule has 0 radical (unpaired) electrons. The zero-order valence-electron chi connectivity index (χ0n) is 7.21. The molecule has 0 aromatic heterocycles. The molecular formula is C9H10N2O2. The minimum atomic E-state index is 0.237. The van der Waals surface area contributed by atoms with Crippen molar-refractivity contribution in [2.45, 2.75) is 6.92 Å². The largest absolute Gasteiger partial charge is 0.409 e. The monoisotopic (exact) mass is 178 g/mol. The summed E-state index contributed by atoms with van der Waals surface area (Å²) >= 11 is 0. The highest BCUT2D eigenvalue weighted by molar-refractivity contribution is 6.08. The Kier molecular flexibility index (Phi) is 3.03. The SMILES string of the molecule is C/C(=N\O)N(C=O)c1ccccc1. The molecule has 0 unspecified atom stereocenters. The fraction of sp³-hybridized carbons (Fsp3) is 0.111. The number of carbonyl (C=O) groups is 1. The molecule has 13 heavy (non-hydrogen) atoms. The smallest absolute Gasteiger partial charge is 0.219 e. The molecule has 1 aromatic rings. The van der Waals surface area contributed by atoms with Crippen molar-refractivity contribution in [3.8, 4) is 0 Å². The van der Waals surface area contributed by atoms with Crippen LogP contribution in [0, 0.1) is 0 Å². The molecule has 0 saturated heterocycles. The number of para-hydroxylation sites is 1. The van der Waals surface area contributed by atoms with Crippen molar-refractivity contribution in [1.29, 1.82) is 0 Å². The first-order valence-corrected chi connectivity index (χ1v) is 3.78. The number of hydrogen-bond donors (Lipinski definition) is 1. The van der Waals surface area contributed by atoms with E-state index in [0.29, 0.717) is 12.1 Å². The van der Waals surface area contributed by atoms with Gasteiger partial charge in [-0.05, 0) is 19.1 Å². The number of amides is 1. The molecule has 0 fully saturated rings. The molecule has 0 saturated carbocycles. The first kappa shape index (κ1) is 9.25. The van der Waals surface area contributed by atoms with E-state index in [2.05, 4.69) is 5.16 Å². The molecule has 0 aliphatic rings. The minimum Gasteiger partial charge on any atom is -0.409 e. The summed E-state index contributed by atoms with van der Waals surface area (Å²) in [6.07, 6.45) is 0.602. The molecule has 1 aromatic carbocycles. The number of carbonyl (C=O) groups excluding carboxylic acids is 1. The number of rotatable bonds is 2. The molecule has 4 heteroatoms. The van der Waals surface area contributed by atoms with E-state index in [9.17, 15) is 4.79 Å². The fourth-order valence-corrected chi connectivity index (χ4v) is 0.961. The molecule has 0 spiro atoms. The number of amidine groups is 1. The average molecular weight is 178 g/mol. The number of anilines is 1. The van der Waals surface area contributed by atoms with Gasteiger partial charge in [-0.2, -0.15) is 0 Å². The van der Waals surface area contributed by atoms with Crippen LogP contribution in [0.25, 0.3) is 0 Å². The van der Waals surface area contributed by atoms with Gasteiger partial charge in [-0.15, -0.1) is 0 Å². The Labute approximate surface area is 76.1 Å². The zero-order chi connectivity index (χ0) is 9.68. The maximum absolute atomic E-state index is 10.6. The summed E-state index contributed by atoms with van der Waals surface area (Å²) in [5.41, 5.74) is 0.674. The van der Waals surface area contributed by atoms with Crippen molar-refractivity contribution in [2.75, 3.05) is 4.90 Å². The van der Waals surface area contributed by atoms with Crippen LogP contribution in [0.3, 0.4) is 0 Å². The highest BCUT2D eigenvalue weighted by Crippen LogP contribution is 2.11. The molecule has 1 amide bonds. The Morgan fingerprint density at radius 2 is 2.08 bits per heavy atom. The Morgan fingerprint density at radius 1 is 1.46 bits per heavy atom. The van der Waals surface area contributed by atoms with Crippen LogP contribution in [0.15, 0.2) is 35.5 Å². The summed E-state index contributed by atoms with van der Waals surface area (Å²) in [7, 11) is 0. The summed E-state index contributed by atoms with van der Waals surface area (Å²) in [5.74, 6) is 0.237. The first-order valence-electron chi connectivity index (χ1n) is 3.78.